The van der Waals surface area contributed by atoms with Crippen LogP contribution in [0.3, 0.4) is 0 Å². The number of carbonyl (C=O) groups excluding carboxylic acids is 2. The van der Waals surface area contributed by atoms with Gasteiger partial charge < -0.3 is 5.32 Å². The summed E-state index contributed by atoms with van der Waals surface area (Å²) in [6.07, 6.45) is 0.138. The highest BCUT2D eigenvalue weighted by Gasteiger charge is 2.40. The Morgan fingerprint density at radius 3 is 2.82 bits per heavy atom. The van der Waals surface area contributed by atoms with Crippen molar-refractivity contribution in [2.24, 2.45) is 5.41 Å². The number of amides is 2. The topological polar surface area (TPSA) is 78.4 Å². The molecule has 1 aliphatic rings. The van der Waals surface area contributed by atoms with Crippen molar-refractivity contribution in [1.29, 1.82) is 0 Å². The zero-order valence-corrected chi connectivity index (χ0v) is 6.18. The second-order valence-electron chi connectivity index (χ2n) is 2.96. The molecule has 1 saturated heterocycles. The Hall–Kier alpha value is -1.10. The molecule has 0 spiro atoms. The molecule has 1 heterocycles. The van der Waals surface area contributed by atoms with Gasteiger partial charge in [-0.05, 0) is 6.92 Å². The van der Waals surface area contributed by atoms with E-state index in [9.17, 15) is 9.59 Å². The largest absolute Gasteiger partial charge is 0.355 e. The van der Waals surface area contributed by atoms with E-state index < -0.39 is 11.3 Å². The molecule has 11 heavy (non-hydrogen) atoms. The van der Waals surface area contributed by atoms with Crippen LogP contribution in [0.2, 0.25) is 0 Å². The highest BCUT2D eigenvalue weighted by atomic mass is 16.5. The Morgan fingerprint density at radius 1 is 1.82 bits per heavy atom. The molecule has 0 aromatic heterocycles. The van der Waals surface area contributed by atoms with Gasteiger partial charge in [-0.1, -0.05) is 0 Å². The van der Waals surface area contributed by atoms with Gasteiger partial charge in [-0.2, -0.15) is 0 Å². The average molecular weight is 158 g/mol. The first-order chi connectivity index (χ1) is 5.08. The maximum atomic E-state index is 10.9. The van der Waals surface area contributed by atoms with Gasteiger partial charge in [-0.15, -0.1) is 0 Å². The van der Waals surface area contributed by atoms with E-state index in [1.165, 1.54) is 5.48 Å². The Kier molecular flexibility index (Phi) is 1.82. The summed E-state index contributed by atoms with van der Waals surface area (Å²) in [5, 5.41) is 10.8. The Morgan fingerprint density at radius 2 is 2.45 bits per heavy atom. The van der Waals surface area contributed by atoms with Crippen LogP contribution in [0.5, 0.6) is 0 Å². The van der Waals surface area contributed by atoms with Gasteiger partial charge in [-0.25, -0.2) is 5.48 Å². The van der Waals surface area contributed by atoms with Crippen LogP contribution in [0.4, 0.5) is 0 Å². The molecule has 0 radical (unpaired) electrons. The smallest absolute Gasteiger partial charge is 0.251 e. The van der Waals surface area contributed by atoms with E-state index in [2.05, 4.69) is 5.32 Å². The zero-order valence-electron chi connectivity index (χ0n) is 6.18. The van der Waals surface area contributed by atoms with Crippen LogP contribution in [0.15, 0.2) is 0 Å². The van der Waals surface area contributed by atoms with Crippen molar-refractivity contribution in [2.75, 3.05) is 6.54 Å². The minimum atomic E-state index is -0.786. The molecule has 0 aliphatic carbocycles. The van der Waals surface area contributed by atoms with Gasteiger partial charge in [0, 0.05) is 13.0 Å². The van der Waals surface area contributed by atoms with Crippen molar-refractivity contribution < 1.29 is 14.8 Å². The first-order valence-electron chi connectivity index (χ1n) is 3.30. The summed E-state index contributed by atoms with van der Waals surface area (Å²) in [4.78, 5) is 21.6. The van der Waals surface area contributed by atoms with Gasteiger partial charge in [-0.3, -0.25) is 14.8 Å². The molecule has 1 atom stereocenters. The molecule has 0 bridgehead atoms. The lowest BCUT2D eigenvalue weighted by Gasteiger charge is -2.17. The van der Waals surface area contributed by atoms with Crippen molar-refractivity contribution in [3.63, 3.8) is 0 Å². The Balaban J connectivity index is 2.69. The Labute approximate surface area is 63.7 Å². The van der Waals surface area contributed by atoms with E-state index in [4.69, 9.17) is 5.21 Å². The molecule has 0 saturated carbocycles. The summed E-state index contributed by atoms with van der Waals surface area (Å²) in [7, 11) is 0. The van der Waals surface area contributed by atoms with Crippen molar-refractivity contribution >= 4 is 11.8 Å². The Bertz CT molecular complexity index is 204. The van der Waals surface area contributed by atoms with Crippen molar-refractivity contribution in [2.45, 2.75) is 13.3 Å². The fraction of sp³-hybridized carbons (Fsp3) is 0.667. The van der Waals surface area contributed by atoms with Crippen LogP contribution in [-0.2, 0) is 9.59 Å². The minimum absolute atomic E-state index is 0.138. The van der Waals surface area contributed by atoms with E-state index in [0.717, 1.165) is 0 Å². The number of hydroxylamine groups is 1. The number of hydrogen-bond acceptors (Lipinski definition) is 3. The average Bonchev–Trinajstić information content (AvgIpc) is 2.31. The highest BCUT2D eigenvalue weighted by Crippen LogP contribution is 2.24. The number of hydrogen-bond donors (Lipinski definition) is 3. The van der Waals surface area contributed by atoms with E-state index in [1.54, 1.807) is 6.92 Å². The van der Waals surface area contributed by atoms with Crippen molar-refractivity contribution in [3.8, 4) is 0 Å². The summed E-state index contributed by atoms with van der Waals surface area (Å²) in [6.45, 7) is 1.91. The second-order valence-corrected chi connectivity index (χ2v) is 2.96. The molecular weight excluding hydrogens is 148 g/mol. The van der Waals surface area contributed by atoms with Gasteiger partial charge in [0.2, 0.25) is 5.91 Å². The quantitative estimate of drug-likeness (QED) is 0.339. The van der Waals surface area contributed by atoms with Gasteiger partial charge in [0.25, 0.3) is 5.91 Å². The molecule has 5 nitrogen and oxygen atoms in total. The fourth-order valence-corrected chi connectivity index (χ4v) is 1.07. The SMILES string of the molecule is CC1(C(=O)NO)CNC(=O)C1. The predicted molar refractivity (Wildman–Crippen MR) is 35.7 cm³/mol. The monoisotopic (exact) mass is 158 g/mol. The molecule has 1 fully saturated rings. The van der Waals surface area contributed by atoms with E-state index in [0.29, 0.717) is 0 Å². The van der Waals surface area contributed by atoms with Gasteiger partial charge in [0.15, 0.2) is 0 Å². The summed E-state index contributed by atoms with van der Waals surface area (Å²) in [6, 6.07) is 0. The maximum Gasteiger partial charge on any atom is 0.251 e. The third-order valence-corrected chi connectivity index (χ3v) is 1.88. The van der Waals surface area contributed by atoms with Crippen LogP contribution < -0.4 is 10.8 Å². The summed E-state index contributed by atoms with van der Waals surface area (Å²) < 4.78 is 0. The lowest BCUT2D eigenvalue weighted by Crippen LogP contribution is -2.38. The number of carbonyl (C=O) groups is 2. The standard InChI is InChI=1S/C6H10N2O3/c1-6(5(10)8-11)2-4(9)7-3-6/h11H,2-3H2,1H3,(H,7,9)(H,8,10). The first-order valence-corrected chi connectivity index (χ1v) is 3.30. The summed E-state index contributed by atoms with van der Waals surface area (Å²) in [5.41, 5.74) is 0.751. The maximum absolute atomic E-state index is 10.9. The van der Waals surface area contributed by atoms with Crippen LogP contribution in [0.25, 0.3) is 0 Å². The third kappa shape index (κ3) is 1.32. The van der Waals surface area contributed by atoms with Crippen LogP contribution >= 0.6 is 0 Å². The van der Waals surface area contributed by atoms with Crippen molar-refractivity contribution in [1.82, 2.24) is 10.8 Å². The normalized spacial score (nSPS) is 29.8. The summed E-state index contributed by atoms with van der Waals surface area (Å²) in [5.74, 6) is -0.674. The third-order valence-electron chi connectivity index (χ3n) is 1.88. The van der Waals surface area contributed by atoms with E-state index >= 15 is 0 Å². The molecule has 3 N–H and O–H groups in total. The number of nitrogens with one attached hydrogen (secondary N) is 2. The second kappa shape index (κ2) is 2.50. The highest BCUT2D eigenvalue weighted by molar-refractivity contribution is 5.91. The first kappa shape index (κ1) is 8.00. The van der Waals surface area contributed by atoms with E-state index in [-0.39, 0.29) is 18.9 Å². The molecule has 1 aliphatic heterocycles. The van der Waals surface area contributed by atoms with Crippen LogP contribution in [-0.4, -0.2) is 23.6 Å². The molecule has 2 amide bonds. The van der Waals surface area contributed by atoms with Gasteiger partial charge in [0.05, 0.1) is 5.41 Å². The molecule has 5 heteroatoms. The van der Waals surface area contributed by atoms with Gasteiger partial charge in [0.1, 0.15) is 0 Å². The van der Waals surface area contributed by atoms with E-state index in [1.807, 2.05) is 0 Å². The molecular formula is C6H10N2O3. The molecule has 0 aromatic rings. The molecule has 62 valence electrons. The molecule has 1 unspecified atom stereocenters. The summed E-state index contributed by atoms with van der Waals surface area (Å²) >= 11 is 0. The van der Waals surface area contributed by atoms with Gasteiger partial charge >= 0.3 is 0 Å². The lowest BCUT2D eigenvalue weighted by molar-refractivity contribution is -0.139. The molecule has 0 aromatic carbocycles. The molecule has 1 rings (SSSR count). The zero-order chi connectivity index (χ0) is 8.48. The van der Waals surface area contributed by atoms with Crippen LogP contribution in [0, 0.1) is 5.41 Å². The minimum Gasteiger partial charge on any atom is -0.355 e. The van der Waals surface area contributed by atoms with Crippen molar-refractivity contribution in [3.05, 3.63) is 0 Å². The number of rotatable bonds is 1. The fourth-order valence-electron chi connectivity index (χ4n) is 1.07. The van der Waals surface area contributed by atoms with Crippen LogP contribution in [0.1, 0.15) is 13.3 Å². The predicted octanol–water partition coefficient (Wildman–Crippen LogP) is -0.982. The lowest BCUT2D eigenvalue weighted by atomic mass is 9.89.